The Hall–Kier alpha value is -3.75. The predicted molar refractivity (Wildman–Crippen MR) is 89.8 cm³/mol. The molecule has 0 aliphatic heterocycles. The molecule has 3 aromatic rings. The zero-order chi connectivity index (χ0) is 19.6. The smallest absolute Gasteiger partial charge is 0.322 e. The van der Waals surface area contributed by atoms with Crippen molar-refractivity contribution in [3.63, 3.8) is 0 Å². The highest BCUT2D eigenvalue weighted by atomic mass is 19.1. The summed E-state index contributed by atoms with van der Waals surface area (Å²) in [5.74, 6) is -4.14. The Morgan fingerprint density at radius 1 is 1.07 bits per heavy atom. The van der Waals surface area contributed by atoms with Gasteiger partial charge in [-0.25, -0.2) is 13.8 Å². The van der Waals surface area contributed by atoms with Crippen molar-refractivity contribution in [1.29, 1.82) is 0 Å². The highest BCUT2D eigenvalue weighted by molar-refractivity contribution is 6.02. The number of halogens is 2. The van der Waals surface area contributed by atoms with Gasteiger partial charge in [-0.05, 0) is 18.2 Å². The maximum atomic E-state index is 13.3. The third kappa shape index (κ3) is 4.09. The average molecular weight is 374 g/mol. The van der Waals surface area contributed by atoms with Gasteiger partial charge in [0, 0.05) is 35.2 Å². The first-order valence-corrected chi connectivity index (χ1v) is 7.59. The standard InChI is InChI=1S/C18H12F2N2O5/c19-10-3-11(20)5-13(4-10)27-12-2-1-9-7-21-16(17(25)14(9)6-12)18(26)22-8-15(23)24/h1-7,25H,8H2,(H,22,26)(H,23,24). The van der Waals surface area contributed by atoms with E-state index in [1.54, 1.807) is 0 Å². The number of carbonyl (C=O) groups is 2. The summed E-state index contributed by atoms with van der Waals surface area (Å²) < 4.78 is 31.9. The molecule has 0 aliphatic rings. The summed E-state index contributed by atoms with van der Waals surface area (Å²) in [5, 5.41) is 21.7. The minimum Gasteiger partial charge on any atom is -0.505 e. The number of carboxylic acid groups (broad SMARTS) is 1. The van der Waals surface area contributed by atoms with Crippen molar-refractivity contribution in [3.05, 3.63) is 59.9 Å². The van der Waals surface area contributed by atoms with Gasteiger partial charge in [0.1, 0.15) is 29.7 Å². The van der Waals surface area contributed by atoms with Gasteiger partial charge in [-0.2, -0.15) is 0 Å². The summed E-state index contributed by atoms with van der Waals surface area (Å²) in [5.41, 5.74) is -0.363. The lowest BCUT2D eigenvalue weighted by Gasteiger charge is -2.10. The van der Waals surface area contributed by atoms with Crippen LogP contribution in [-0.4, -0.2) is 33.6 Å². The number of hydrogen-bond acceptors (Lipinski definition) is 5. The lowest BCUT2D eigenvalue weighted by Crippen LogP contribution is -2.29. The molecule has 0 saturated heterocycles. The van der Waals surface area contributed by atoms with Crippen molar-refractivity contribution in [2.24, 2.45) is 0 Å². The van der Waals surface area contributed by atoms with Gasteiger partial charge in [0.25, 0.3) is 5.91 Å². The number of rotatable bonds is 5. The quantitative estimate of drug-likeness (QED) is 0.634. The Bertz CT molecular complexity index is 1040. The van der Waals surface area contributed by atoms with E-state index in [2.05, 4.69) is 10.3 Å². The Balaban J connectivity index is 1.94. The molecule has 0 atom stereocenters. The number of aliphatic carboxylic acids is 1. The fourth-order valence-corrected chi connectivity index (χ4v) is 2.37. The fraction of sp³-hybridized carbons (Fsp3) is 0.0556. The first-order chi connectivity index (χ1) is 12.8. The van der Waals surface area contributed by atoms with E-state index in [-0.39, 0.29) is 22.6 Å². The molecule has 7 nitrogen and oxygen atoms in total. The van der Waals surface area contributed by atoms with Crippen molar-refractivity contribution < 1.29 is 33.3 Å². The largest absolute Gasteiger partial charge is 0.505 e. The molecule has 138 valence electrons. The molecule has 1 aromatic heterocycles. The van der Waals surface area contributed by atoms with Crippen LogP contribution >= 0.6 is 0 Å². The van der Waals surface area contributed by atoms with Crippen LogP contribution in [0.1, 0.15) is 10.5 Å². The second-order valence-electron chi connectivity index (χ2n) is 5.49. The summed E-state index contributed by atoms with van der Waals surface area (Å²) in [6.07, 6.45) is 1.32. The van der Waals surface area contributed by atoms with Crippen LogP contribution in [0.25, 0.3) is 10.8 Å². The van der Waals surface area contributed by atoms with E-state index in [1.165, 1.54) is 24.4 Å². The third-order valence-electron chi connectivity index (χ3n) is 3.52. The minimum absolute atomic E-state index is 0.0835. The van der Waals surface area contributed by atoms with E-state index in [1.807, 2.05) is 0 Å². The molecule has 0 unspecified atom stereocenters. The lowest BCUT2D eigenvalue weighted by atomic mass is 10.1. The number of benzene rings is 2. The molecule has 27 heavy (non-hydrogen) atoms. The van der Waals surface area contributed by atoms with Gasteiger partial charge in [-0.15, -0.1) is 0 Å². The summed E-state index contributed by atoms with van der Waals surface area (Å²) in [7, 11) is 0. The van der Waals surface area contributed by atoms with Crippen LogP contribution in [0.15, 0.2) is 42.6 Å². The van der Waals surface area contributed by atoms with Crippen molar-refractivity contribution in [2.45, 2.75) is 0 Å². The zero-order valence-electron chi connectivity index (χ0n) is 13.6. The van der Waals surface area contributed by atoms with Crippen LogP contribution in [-0.2, 0) is 4.79 Å². The molecule has 1 amide bonds. The van der Waals surface area contributed by atoms with Crippen molar-refractivity contribution >= 4 is 22.6 Å². The van der Waals surface area contributed by atoms with E-state index in [4.69, 9.17) is 9.84 Å². The highest BCUT2D eigenvalue weighted by Crippen LogP contribution is 2.32. The van der Waals surface area contributed by atoms with Crippen molar-refractivity contribution in [3.8, 4) is 17.2 Å². The van der Waals surface area contributed by atoms with E-state index in [0.29, 0.717) is 11.5 Å². The molecule has 3 rings (SSSR count). The monoisotopic (exact) mass is 374 g/mol. The molecule has 1 heterocycles. The number of amides is 1. The molecular formula is C18H12F2N2O5. The van der Waals surface area contributed by atoms with Crippen molar-refractivity contribution in [2.75, 3.05) is 6.54 Å². The molecule has 0 radical (unpaired) electrons. The number of nitrogens with one attached hydrogen (secondary N) is 1. The van der Waals surface area contributed by atoms with Crippen LogP contribution in [0.4, 0.5) is 8.78 Å². The second kappa shape index (κ2) is 7.24. The fourth-order valence-electron chi connectivity index (χ4n) is 2.37. The average Bonchev–Trinajstić information content (AvgIpc) is 2.59. The molecule has 9 heteroatoms. The lowest BCUT2D eigenvalue weighted by molar-refractivity contribution is -0.135. The number of aromatic nitrogens is 1. The number of nitrogens with zero attached hydrogens (tertiary/aromatic N) is 1. The Morgan fingerprint density at radius 3 is 2.44 bits per heavy atom. The molecule has 3 N–H and O–H groups in total. The number of carbonyl (C=O) groups excluding carboxylic acids is 1. The number of hydrogen-bond donors (Lipinski definition) is 3. The summed E-state index contributed by atoms with van der Waals surface area (Å²) in [6.45, 7) is -0.633. The zero-order valence-corrected chi connectivity index (χ0v) is 13.6. The molecular weight excluding hydrogens is 362 g/mol. The van der Waals surface area contributed by atoms with E-state index < -0.39 is 35.8 Å². The van der Waals surface area contributed by atoms with E-state index >= 15 is 0 Å². The molecule has 0 aliphatic carbocycles. The number of ether oxygens (including phenoxy) is 1. The number of fused-ring (bicyclic) bond motifs is 1. The maximum Gasteiger partial charge on any atom is 0.322 e. The number of aromatic hydroxyl groups is 1. The Morgan fingerprint density at radius 2 is 1.78 bits per heavy atom. The second-order valence-corrected chi connectivity index (χ2v) is 5.49. The van der Waals surface area contributed by atoms with Crippen molar-refractivity contribution in [1.82, 2.24) is 10.3 Å². The molecule has 2 aromatic carbocycles. The van der Waals surface area contributed by atoms with Gasteiger partial charge < -0.3 is 20.3 Å². The van der Waals surface area contributed by atoms with Crippen LogP contribution in [0, 0.1) is 11.6 Å². The predicted octanol–water partition coefficient (Wildman–Crippen LogP) is 2.83. The third-order valence-corrected chi connectivity index (χ3v) is 3.52. The molecule has 0 saturated carbocycles. The van der Waals surface area contributed by atoms with Crippen LogP contribution in [0.3, 0.4) is 0 Å². The SMILES string of the molecule is O=C(O)CNC(=O)c1ncc2ccc(Oc3cc(F)cc(F)c3)cc2c1O. The Labute approximate surface area is 150 Å². The maximum absolute atomic E-state index is 13.3. The first-order valence-electron chi connectivity index (χ1n) is 7.59. The Kier molecular flexibility index (Phi) is 4.84. The molecule has 0 spiro atoms. The highest BCUT2D eigenvalue weighted by Gasteiger charge is 2.17. The topological polar surface area (TPSA) is 109 Å². The van der Waals surface area contributed by atoms with Gasteiger partial charge in [0.15, 0.2) is 11.4 Å². The number of pyridine rings is 1. The summed E-state index contributed by atoms with van der Waals surface area (Å²) in [4.78, 5) is 26.3. The van der Waals surface area contributed by atoms with Crippen LogP contribution < -0.4 is 10.1 Å². The summed E-state index contributed by atoms with van der Waals surface area (Å²) in [6, 6.07) is 7.08. The van der Waals surface area contributed by atoms with E-state index in [9.17, 15) is 23.5 Å². The summed E-state index contributed by atoms with van der Waals surface area (Å²) >= 11 is 0. The van der Waals surface area contributed by atoms with Gasteiger partial charge in [-0.1, -0.05) is 0 Å². The molecule has 0 fully saturated rings. The normalized spacial score (nSPS) is 10.6. The van der Waals surface area contributed by atoms with Gasteiger partial charge in [0.05, 0.1) is 0 Å². The van der Waals surface area contributed by atoms with Crippen LogP contribution in [0.5, 0.6) is 17.2 Å². The van der Waals surface area contributed by atoms with Gasteiger partial charge in [0.2, 0.25) is 0 Å². The van der Waals surface area contributed by atoms with Crippen LogP contribution in [0.2, 0.25) is 0 Å². The molecule has 0 bridgehead atoms. The van der Waals surface area contributed by atoms with Gasteiger partial charge in [-0.3, -0.25) is 9.59 Å². The van der Waals surface area contributed by atoms with Gasteiger partial charge >= 0.3 is 5.97 Å². The van der Waals surface area contributed by atoms with E-state index in [0.717, 1.165) is 12.1 Å². The minimum atomic E-state index is -1.25. The first kappa shape index (κ1) is 18.1. The number of carboxylic acids is 1.